The Kier molecular flexibility index (Phi) is 3.02. The lowest BCUT2D eigenvalue weighted by Crippen LogP contribution is -2.43. The third-order valence-electron chi connectivity index (χ3n) is 3.61. The third-order valence-corrected chi connectivity index (χ3v) is 3.61. The summed E-state index contributed by atoms with van der Waals surface area (Å²) in [4.78, 5) is 35.3. The lowest BCUT2D eigenvalue weighted by atomic mass is 9.95. The number of carboxylic acids is 1. The van der Waals surface area contributed by atoms with Crippen molar-refractivity contribution in [2.75, 3.05) is 7.11 Å². The number of carbonyl (C=O) groups excluding carboxylic acids is 2. The second-order valence-electron chi connectivity index (χ2n) is 5.03. The molecule has 7 heteroatoms. The van der Waals surface area contributed by atoms with E-state index in [0.29, 0.717) is 11.3 Å². The van der Waals surface area contributed by atoms with E-state index < -0.39 is 29.9 Å². The first kappa shape index (κ1) is 12.8. The predicted molar refractivity (Wildman–Crippen MR) is 59.6 cm³/mol. The van der Waals surface area contributed by atoms with Crippen molar-refractivity contribution in [3.63, 3.8) is 0 Å². The van der Waals surface area contributed by atoms with Gasteiger partial charge in [-0.1, -0.05) is 0 Å². The number of methoxy groups -OCH3 is 1. The van der Waals surface area contributed by atoms with Gasteiger partial charge in [0, 0.05) is 11.5 Å². The summed E-state index contributed by atoms with van der Waals surface area (Å²) in [7, 11) is 1.12. The van der Waals surface area contributed by atoms with Gasteiger partial charge in [0.25, 0.3) is 0 Å². The molecule has 0 bridgehead atoms. The number of likely N-dealkylation sites (tertiary alicyclic amines) is 1. The van der Waals surface area contributed by atoms with Gasteiger partial charge in [-0.2, -0.15) is 0 Å². The van der Waals surface area contributed by atoms with Gasteiger partial charge >= 0.3 is 12.1 Å². The molecule has 1 unspecified atom stereocenters. The smallest absolute Gasteiger partial charge is 0.417 e. The highest BCUT2D eigenvalue weighted by atomic mass is 16.5. The molecule has 3 N–H and O–H groups in total. The van der Waals surface area contributed by atoms with Gasteiger partial charge in [-0.3, -0.25) is 4.79 Å². The van der Waals surface area contributed by atoms with Crippen molar-refractivity contribution < 1.29 is 24.2 Å². The summed E-state index contributed by atoms with van der Waals surface area (Å²) in [6.45, 7) is 0. The van der Waals surface area contributed by atoms with Crippen molar-refractivity contribution in [1.82, 2.24) is 4.90 Å². The third kappa shape index (κ3) is 2.17. The van der Waals surface area contributed by atoms with Gasteiger partial charge in [0.05, 0.1) is 7.11 Å². The summed E-state index contributed by atoms with van der Waals surface area (Å²) in [5, 5.41) is 9.04. The molecule has 1 aliphatic carbocycles. The van der Waals surface area contributed by atoms with Gasteiger partial charge in [-0.15, -0.1) is 0 Å². The van der Waals surface area contributed by atoms with Crippen LogP contribution >= 0.6 is 0 Å². The van der Waals surface area contributed by atoms with E-state index in [1.165, 1.54) is 0 Å². The number of amides is 2. The summed E-state index contributed by atoms with van der Waals surface area (Å²) in [6.07, 6.45) is 1.31. The van der Waals surface area contributed by atoms with Gasteiger partial charge in [-0.05, 0) is 25.7 Å². The zero-order chi connectivity index (χ0) is 13.5. The van der Waals surface area contributed by atoms with E-state index in [0.717, 1.165) is 20.0 Å². The number of nitrogens with two attached hydrogens (primary N) is 1. The van der Waals surface area contributed by atoms with Crippen molar-refractivity contribution in [1.29, 1.82) is 0 Å². The van der Waals surface area contributed by atoms with Gasteiger partial charge in [0.1, 0.15) is 6.04 Å². The molecule has 1 saturated carbocycles. The van der Waals surface area contributed by atoms with Crippen LogP contribution in [0.25, 0.3) is 0 Å². The minimum atomic E-state index is -1.20. The van der Waals surface area contributed by atoms with Crippen LogP contribution in [0.3, 0.4) is 0 Å². The molecular weight excluding hydrogens is 240 g/mol. The molecule has 0 aromatic rings. The van der Waals surface area contributed by atoms with Crippen LogP contribution in [-0.2, 0) is 14.3 Å². The van der Waals surface area contributed by atoms with Crippen LogP contribution in [-0.4, -0.2) is 46.7 Å². The second kappa shape index (κ2) is 4.24. The Bertz CT molecular complexity index is 404. The van der Waals surface area contributed by atoms with Crippen molar-refractivity contribution >= 4 is 18.0 Å². The second-order valence-corrected chi connectivity index (χ2v) is 5.03. The first-order chi connectivity index (χ1) is 8.38. The number of rotatable bonds is 3. The summed E-state index contributed by atoms with van der Waals surface area (Å²) in [5.74, 6) is -2.19. The molecule has 0 radical (unpaired) electrons. The molecule has 1 saturated heterocycles. The van der Waals surface area contributed by atoms with Crippen molar-refractivity contribution in [2.45, 2.75) is 37.3 Å². The Hall–Kier alpha value is -1.63. The van der Waals surface area contributed by atoms with E-state index >= 15 is 0 Å². The number of hydrogen-bond donors (Lipinski definition) is 2. The first-order valence-electron chi connectivity index (χ1n) is 5.81. The Morgan fingerprint density at radius 1 is 1.56 bits per heavy atom. The van der Waals surface area contributed by atoms with E-state index in [9.17, 15) is 14.4 Å². The quantitative estimate of drug-likeness (QED) is 0.731. The number of hydrogen-bond acceptors (Lipinski definition) is 5. The average Bonchev–Trinajstić information content (AvgIpc) is 2.94. The molecular formula is C11H16N2O5. The highest BCUT2D eigenvalue weighted by Crippen LogP contribution is 2.42. The van der Waals surface area contributed by atoms with E-state index in [-0.39, 0.29) is 12.0 Å². The molecule has 0 aromatic carbocycles. The van der Waals surface area contributed by atoms with Crippen LogP contribution in [0.15, 0.2) is 0 Å². The van der Waals surface area contributed by atoms with Gasteiger partial charge in [-0.25, -0.2) is 14.5 Å². The summed E-state index contributed by atoms with van der Waals surface area (Å²) in [6, 6.07) is -1.14. The maximum absolute atomic E-state index is 12.0. The van der Waals surface area contributed by atoms with Crippen LogP contribution in [0.1, 0.15) is 25.7 Å². The molecule has 100 valence electrons. The average molecular weight is 256 g/mol. The van der Waals surface area contributed by atoms with E-state index in [1.54, 1.807) is 0 Å². The standard InChI is InChI=1S/C11H16N2O5/c1-18-10(17)13-7(9(15)16)4-6(8(13)14)5-11(12)2-3-11/h6-7H,2-5,12H2,1H3,(H,15,16)/t6?,7-/m0/s1. The highest BCUT2D eigenvalue weighted by molar-refractivity contribution is 6.00. The molecule has 2 fully saturated rings. The Morgan fingerprint density at radius 2 is 2.17 bits per heavy atom. The van der Waals surface area contributed by atoms with Crippen molar-refractivity contribution in [2.24, 2.45) is 11.7 Å². The number of carbonyl (C=O) groups is 3. The normalized spacial score (nSPS) is 29.2. The largest absolute Gasteiger partial charge is 0.480 e. The van der Waals surface area contributed by atoms with Crippen LogP contribution in [0.2, 0.25) is 0 Å². The number of aliphatic carboxylic acids is 1. The molecule has 1 heterocycles. The zero-order valence-electron chi connectivity index (χ0n) is 10.1. The minimum Gasteiger partial charge on any atom is -0.480 e. The fourth-order valence-corrected chi connectivity index (χ4v) is 2.38. The molecule has 0 aromatic heterocycles. The maximum atomic E-state index is 12.0. The number of nitrogens with zero attached hydrogens (tertiary/aromatic N) is 1. The van der Waals surface area contributed by atoms with Crippen LogP contribution < -0.4 is 5.73 Å². The lowest BCUT2D eigenvalue weighted by molar-refractivity contribution is -0.145. The molecule has 0 spiro atoms. The zero-order valence-corrected chi connectivity index (χ0v) is 10.1. The van der Waals surface area contributed by atoms with Crippen LogP contribution in [0.4, 0.5) is 4.79 Å². The maximum Gasteiger partial charge on any atom is 0.417 e. The van der Waals surface area contributed by atoms with Crippen LogP contribution in [0, 0.1) is 5.92 Å². The SMILES string of the molecule is COC(=O)N1C(=O)C(CC2(N)CC2)C[C@H]1C(=O)O. The minimum absolute atomic E-state index is 0.113. The molecule has 2 atom stereocenters. The fourth-order valence-electron chi connectivity index (χ4n) is 2.38. The fraction of sp³-hybridized carbons (Fsp3) is 0.727. The van der Waals surface area contributed by atoms with Gasteiger partial charge < -0.3 is 15.6 Å². The Morgan fingerprint density at radius 3 is 2.61 bits per heavy atom. The summed E-state index contributed by atoms with van der Waals surface area (Å²) < 4.78 is 4.45. The number of carboxylic acid groups (broad SMARTS) is 1. The van der Waals surface area contributed by atoms with E-state index in [4.69, 9.17) is 10.8 Å². The first-order valence-corrected chi connectivity index (χ1v) is 5.81. The van der Waals surface area contributed by atoms with Crippen molar-refractivity contribution in [3.05, 3.63) is 0 Å². The van der Waals surface area contributed by atoms with Gasteiger partial charge in [0.15, 0.2) is 0 Å². The highest BCUT2D eigenvalue weighted by Gasteiger charge is 2.51. The number of ether oxygens (including phenoxy) is 1. The summed E-state index contributed by atoms with van der Waals surface area (Å²) in [5.41, 5.74) is 5.58. The molecule has 7 nitrogen and oxygen atoms in total. The van der Waals surface area contributed by atoms with Gasteiger partial charge in [0.2, 0.25) is 5.91 Å². The van der Waals surface area contributed by atoms with Crippen molar-refractivity contribution in [3.8, 4) is 0 Å². The monoisotopic (exact) mass is 256 g/mol. The molecule has 2 aliphatic rings. The molecule has 18 heavy (non-hydrogen) atoms. The topological polar surface area (TPSA) is 110 Å². The Labute approximate surface area is 104 Å². The predicted octanol–water partition coefficient (Wildman–Crippen LogP) is -0.0641. The van der Waals surface area contributed by atoms with E-state index in [1.807, 2.05) is 0 Å². The lowest BCUT2D eigenvalue weighted by Gasteiger charge is -2.17. The molecule has 2 rings (SSSR count). The summed E-state index contributed by atoms with van der Waals surface area (Å²) >= 11 is 0. The molecule has 1 aliphatic heterocycles. The Balaban J connectivity index is 2.14. The molecule has 2 amide bonds. The van der Waals surface area contributed by atoms with Crippen LogP contribution in [0.5, 0.6) is 0 Å². The number of imide groups is 1. The van der Waals surface area contributed by atoms with E-state index in [2.05, 4.69) is 4.74 Å².